The standard InChI is InChI=1S/C14H17F2NO3/c15-10-3-4-12(11(16)7-10)20-8-13(19)17-14(9-18)5-1-2-6-14/h3-4,7,18H,1-2,5-6,8-9H2,(H,17,19). The molecule has 0 atom stereocenters. The number of aliphatic hydroxyl groups excluding tert-OH is 1. The molecule has 1 aromatic rings. The van der Waals surface area contributed by atoms with Crippen molar-refractivity contribution in [1.82, 2.24) is 5.32 Å². The number of ether oxygens (including phenoxy) is 1. The van der Waals surface area contributed by atoms with Gasteiger partial charge in [-0.25, -0.2) is 8.78 Å². The van der Waals surface area contributed by atoms with Gasteiger partial charge in [-0.2, -0.15) is 0 Å². The molecule has 20 heavy (non-hydrogen) atoms. The first-order valence-electron chi connectivity index (χ1n) is 6.54. The molecule has 1 aliphatic rings. The van der Waals surface area contributed by atoms with Crippen LogP contribution in [0.4, 0.5) is 8.78 Å². The fourth-order valence-corrected chi connectivity index (χ4v) is 2.44. The van der Waals surface area contributed by atoms with Crippen molar-refractivity contribution < 1.29 is 23.4 Å². The molecule has 6 heteroatoms. The van der Waals surface area contributed by atoms with Crippen molar-refractivity contribution in [2.24, 2.45) is 0 Å². The van der Waals surface area contributed by atoms with Gasteiger partial charge in [0.05, 0.1) is 12.1 Å². The fourth-order valence-electron chi connectivity index (χ4n) is 2.44. The van der Waals surface area contributed by atoms with Crippen molar-refractivity contribution >= 4 is 5.91 Å². The van der Waals surface area contributed by atoms with Crippen LogP contribution in [0.1, 0.15) is 25.7 Å². The smallest absolute Gasteiger partial charge is 0.258 e. The summed E-state index contributed by atoms with van der Waals surface area (Å²) in [6.07, 6.45) is 3.35. The van der Waals surface area contributed by atoms with Crippen molar-refractivity contribution in [1.29, 1.82) is 0 Å². The number of hydrogen-bond donors (Lipinski definition) is 2. The first kappa shape index (κ1) is 14.7. The molecule has 0 unspecified atom stereocenters. The van der Waals surface area contributed by atoms with Crippen LogP contribution in [-0.4, -0.2) is 29.8 Å². The number of amides is 1. The van der Waals surface area contributed by atoms with Crippen LogP contribution in [0.3, 0.4) is 0 Å². The van der Waals surface area contributed by atoms with E-state index in [0.29, 0.717) is 6.07 Å². The third-order valence-corrected chi connectivity index (χ3v) is 3.52. The van der Waals surface area contributed by atoms with Crippen LogP contribution < -0.4 is 10.1 Å². The van der Waals surface area contributed by atoms with E-state index in [-0.39, 0.29) is 19.0 Å². The van der Waals surface area contributed by atoms with Gasteiger partial charge in [-0.05, 0) is 25.0 Å². The van der Waals surface area contributed by atoms with E-state index in [1.54, 1.807) is 0 Å². The molecule has 2 N–H and O–H groups in total. The van der Waals surface area contributed by atoms with Crippen LogP contribution in [0.2, 0.25) is 0 Å². The maximum atomic E-state index is 13.3. The summed E-state index contributed by atoms with van der Waals surface area (Å²) in [6, 6.07) is 2.89. The number of hydrogen-bond acceptors (Lipinski definition) is 3. The Bertz CT molecular complexity index is 487. The Labute approximate surface area is 115 Å². The molecular weight excluding hydrogens is 268 g/mol. The predicted molar refractivity (Wildman–Crippen MR) is 68.3 cm³/mol. The average Bonchev–Trinajstić information content (AvgIpc) is 2.87. The summed E-state index contributed by atoms with van der Waals surface area (Å²) in [5.74, 6) is -2.16. The highest BCUT2D eigenvalue weighted by Gasteiger charge is 2.34. The lowest BCUT2D eigenvalue weighted by molar-refractivity contribution is -0.125. The molecule has 2 rings (SSSR count). The second kappa shape index (κ2) is 6.17. The van der Waals surface area contributed by atoms with E-state index in [0.717, 1.165) is 37.8 Å². The minimum atomic E-state index is -0.851. The number of rotatable bonds is 5. The van der Waals surface area contributed by atoms with Crippen molar-refractivity contribution in [3.05, 3.63) is 29.8 Å². The van der Waals surface area contributed by atoms with Gasteiger partial charge in [-0.1, -0.05) is 12.8 Å². The normalized spacial score (nSPS) is 16.9. The largest absolute Gasteiger partial charge is 0.481 e. The molecule has 1 fully saturated rings. The van der Waals surface area contributed by atoms with Gasteiger partial charge in [0, 0.05) is 6.07 Å². The quantitative estimate of drug-likeness (QED) is 0.866. The highest BCUT2D eigenvalue weighted by Crippen LogP contribution is 2.29. The van der Waals surface area contributed by atoms with Crippen molar-refractivity contribution in [3.63, 3.8) is 0 Å². The second-order valence-corrected chi connectivity index (χ2v) is 5.06. The van der Waals surface area contributed by atoms with Crippen LogP contribution in [0, 0.1) is 11.6 Å². The lowest BCUT2D eigenvalue weighted by Crippen LogP contribution is -2.50. The first-order chi connectivity index (χ1) is 9.54. The zero-order valence-corrected chi connectivity index (χ0v) is 11.0. The number of nitrogens with one attached hydrogen (secondary N) is 1. The van der Waals surface area contributed by atoms with Gasteiger partial charge in [0.2, 0.25) is 0 Å². The lowest BCUT2D eigenvalue weighted by atomic mass is 9.99. The third-order valence-electron chi connectivity index (χ3n) is 3.52. The van der Waals surface area contributed by atoms with E-state index in [1.807, 2.05) is 0 Å². The summed E-state index contributed by atoms with van der Waals surface area (Å²) in [7, 11) is 0. The van der Waals surface area contributed by atoms with Crippen LogP contribution in [0.25, 0.3) is 0 Å². The Balaban J connectivity index is 1.89. The van der Waals surface area contributed by atoms with Crippen LogP contribution >= 0.6 is 0 Å². The molecule has 0 saturated heterocycles. The highest BCUT2D eigenvalue weighted by atomic mass is 19.1. The van der Waals surface area contributed by atoms with E-state index in [1.165, 1.54) is 0 Å². The second-order valence-electron chi connectivity index (χ2n) is 5.06. The zero-order chi connectivity index (χ0) is 14.6. The van der Waals surface area contributed by atoms with E-state index < -0.39 is 23.1 Å². The Kier molecular flexibility index (Phi) is 4.54. The summed E-state index contributed by atoms with van der Waals surface area (Å²) in [6.45, 7) is -0.492. The minimum Gasteiger partial charge on any atom is -0.481 e. The molecule has 0 aromatic heterocycles. The van der Waals surface area contributed by atoms with Crippen molar-refractivity contribution in [3.8, 4) is 5.75 Å². The van der Waals surface area contributed by atoms with Gasteiger partial charge in [0.1, 0.15) is 5.82 Å². The molecule has 1 saturated carbocycles. The number of carbonyl (C=O) groups is 1. The number of halogens is 2. The average molecular weight is 285 g/mol. The Morgan fingerprint density at radius 3 is 2.65 bits per heavy atom. The molecule has 0 bridgehead atoms. The Morgan fingerprint density at radius 1 is 1.35 bits per heavy atom. The van der Waals surface area contributed by atoms with Gasteiger partial charge in [0.15, 0.2) is 18.2 Å². The molecule has 110 valence electrons. The minimum absolute atomic E-state index is 0.121. The van der Waals surface area contributed by atoms with E-state index in [2.05, 4.69) is 5.32 Å². The summed E-state index contributed by atoms with van der Waals surface area (Å²) >= 11 is 0. The van der Waals surface area contributed by atoms with Crippen molar-refractivity contribution in [2.75, 3.05) is 13.2 Å². The van der Waals surface area contributed by atoms with Gasteiger partial charge in [0.25, 0.3) is 5.91 Å². The van der Waals surface area contributed by atoms with Gasteiger partial charge < -0.3 is 15.2 Å². The number of benzene rings is 1. The summed E-state index contributed by atoms with van der Waals surface area (Å²) in [5.41, 5.74) is -0.582. The maximum Gasteiger partial charge on any atom is 0.258 e. The molecule has 0 aliphatic heterocycles. The lowest BCUT2D eigenvalue weighted by Gasteiger charge is -2.27. The molecule has 1 aromatic carbocycles. The van der Waals surface area contributed by atoms with Crippen LogP contribution in [-0.2, 0) is 4.79 Å². The summed E-state index contributed by atoms with van der Waals surface area (Å²) in [4.78, 5) is 11.8. The summed E-state index contributed by atoms with van der Waals surface area (Å²) in [5, 5.41) is 12.1. The van der Waals surface area contributed by atoms with Gasteiger partial charge in [-0.15, -0.1) is 0 Å². The molecule has 0 radical (unpaired) electrons. The maximum absolute atomic E-state index is 13.3. The molecule has 0 heterocycles. The predicted octanol–water partition coefficient (Wildman–Crippen LogP) is 1.76. The van der Waals surface area contributed by atoms with Gasteiger partial charge in [-0.3, -0.25) is 4.79 Å². The third kappa shape index (κ3) is 3.45. The van der Waals surface area contributed by atoms with Crippen molar-refractivity contribution in [2.45, 2.75) is 31.2 Å². The number of aliphatic hydroxyl groups is 1. The van der Waals surface area contributed by atoms with Gasteiger partial charge >= 0.3 is 0 Å². The zero-order valence-electron chi connectivity index (χ0n) is 11.0. The SMILES string of the molecule is O=C(COc1ccc(F)cc1F)NC1(CO)CCCC1. The first-order valence-corrected chi connectivity index (χ1v) is 6.54. The highest BCUT2D eigenvalue weighted by molar-refractivity contribution is 5.78. The van der Waals surface area contributed by atoms with Crippen LogP contribution in [0.15, 0.2) is 18.2 Å². The summed E-state index contributed by atoms with van der Waals surface area (Å²) < 4.78 is 31.0. The number of carbonyl (C=O) groups excluding carboxylic acids is 1. The van der Waals surface area contributed by atoms with Crippen LogP contribution in [0.5, 0.6) is 5.75 Å². The monoisotopic (exact) mass is 285 g/mol. The topological polar surface area (TPSA) is 58.6 Å². The molecule has 4 nitrogen and oxygen atoms in total. The molecule has 0 spiro atoms. The Morgan fingerprint density at radius 2 is 2.05 bits per heavy atom. The van der Waals surface area contributed by atoms with E-state index in [9.17, 15) is 18.7 Å². The molecular formula is C14H17F2NO3. The fraction of sp³-hybridized carbons (Fsp3) is 0.500. The molecule has 1 amide bonds. The Hall–Kier alpha value is -1.69. The van der Waals surface area contributed by atoms with E-state index >= 15 is 0 Å². The molecule has 1 aliphatic carbocycles. The van der Waals surface area contributed by atoms with E-state index in [4.69, 9.17) is 4.74 Å².